The number of halogens is 1. The first-order chi connectivity index (χ1) is 12.7. The van der Waals surface area contributed by atoms with E-state index in [2.05, 4.69) is 22.2 Å². The van der Waals surface area contributed by atoms with Crippen molar-refractivity contribution in [3.8, 4) is 16.9 Å². The maximum atomic E-state index is 6.05. The van der Waals surface area contributed by atoms with Gasteiger partial charge in [0, 0.05) is 21.2 Å². The van der Waals surface area contributed by atoms with Crippen molar-refractivity contribution in [3.05, 3.63) is 64.8 Å². The molecule has 130 valence electrons. The SMILES string of the molecule is COc1ccc(Nc2ncnc3sc(C)c(-c4ccc(Cl)cc4)c23)cc1. The van der Waals surface area contributed by atoms with Crippen LogP contribution in [0.1, 0.15) is 4.88 Å². The van der Waals surface area contributed by atoms with Crippen LogP contribution in [0.4, 0.5) is 11.5 Å². The van der Waals surface area contributed by atoms with E-state index in [1.807, 2.05) is 48.5 Å². The Bertz CT molecular complexity index is 1060. The van der Waals surface area contributed by atoms with Crippen LogP contribution >= 0.6 is 22.9 Å². The summed E-state index contributed by atoms with van der Waals surface area (Å²) in [5.74, 6) is 1.60. The van der Waals surface area contributed by atoms with Gasteiger partial charge in [-0.2, -0.15) is 0 Å². The number of anilines is 2. The van der Waals surface area contributed by atoms with Crippen molar-refractivity contribution in [3.63, 3.8) is 0 Å². The molecule has 0 spiro atoms. The summed E-state index contributed by atoms with van der Waals surface area (Å²) in [6, 6.07) is 15.6. The Hall–Kier alpha value is -2.63. The number of aromatic nitrogens is 2. The number of thiophene rings is 1. The first-order valence-corrected chi connectivity index (χ1v) is 9.26. The van der Waals surface area contributed by atoms with E-state index in [9.17, 15) is 0 Å². The van der Waals surface area contributed by atoms with Crippen LogP contribution in [-0.2, 0) is 0 Å². The van der Waals surface area contributed by atoms with Gasteiger partial charge in [-0.1, -0.05) is 23.7 Å². The lowest BCUT2D eigenvalue weighted by Gasteiger charge is -2.10. The van der Waals surface area contributed by atoms with E-state index in [1.165, 1.54) is 4.88 Å². The molecule has 0 saturated heterocycles. The summed E-state index contributed by atoms with van der Waals surface area (Å²) in [5, 5.41) is 5.15. The van der Waals surface area contributed by atoms with E-state index >= 15 is 0 Å². The number of hydrogen-bond acceptors (Lipinski definition) is 5. The highest BCUT2D eigenvalue weighted by Gasteiger charge is 2.17. The van der Waals surface area contributed by atoms with Crippen molar-refractivity contribution < 1.29 is 4.74 Å². The van der Waals surface area contributed by atoms with Crippen LogP contribution in [-0.4, -0.2) is 17.1 Å². The molecule has 0 bridgehead atoms. The summed E-state index contributed by atoms with van der Waals surface area (Å²) in [5.41, 5.74) is 3.18. The molecule has 0 atom stereocenters. The van der Waals surface area contributed by atoms with E-state index in [0.717, 1.165) is 43.6 Å². The summed E-state index contributed by atoms with van der Waals surface area (Å²) in [6.45, 7) is 2.10. The minimum Gasteiger partial charge on any atom is -0.497 e. The number of methoxy groups -OCH3 is 1. The fourth-order valence-electron chi connectivity index (χ4n) is 2.91. The maximum absolute atomic E-state index is 6.05. The molecule has 2 aromatic carbocycles. The number of nitrogens with zero attached hydrogens (tertiary/aromatic N) is 2. The number of hydrogen-bond donors (Lipinski definition) is 1. The van der Waals surface area contributed by atoms with Gasteiger partial charge < -0.3 is 10.1 Å². The van der Waals surface area contributed by atoms with E-state index in [-0.39, 0.29) is 0 Å². The molecule has 0 saturated carbocycles. The first kappa shape index (κ1) is 16.8. The topological polar surface area (TPSA) is 47.0 Å². The van der Waals surface area contributed by atoms with E-state index in [0.29, 0.717) is 0 Å². The minimum atomic E-state index is 0.721. The summed E-state index contributed by atoms with van der Waals surface area (Å²) < 4.78 is 5.22. The Morgan fingerprint density at radius 1 is 1.00 bits per heavy atom. The largest absolute Gasteiger partial charge is 0.497 e. The fraction of sp³-hybridized carbons (Fsp3) is 0.100. The van der Waals surface area contributed by atoms with Crippen molar-refractivity contribution in [2.24, 2.45) is 0 Å². The Balaban J connectivity index is 1.83. The third-order valence-corrected chi connectivity index (χ3v) is 5.42. The second-order valence-corrected chi connectivity index (χ2v) is 7.44. The van der Waals surface area contributed by atoms with Gasteiger partial charge in [0.25, 0.3) is 0 Å². The van der Waals surface area contributed by atoms with Crippen molar-refractivity contribution in [2.45, 2.75) is 6.92 Å². The molecule has 4 rings (SSSR count). The monoisotopic (exact) mass is 381 g/mol. The average Bonchev–Trinajstić information content (AvgIpc) is 3.00. The first-order valence-electron chi connectivity index (χ1n) is 8.07. The Morgan fingerprint density at radius 3 is 2.42 bits per heavy atom. The Kier molecular flexibility index (Phi) is 4.49. The van der Waals surface area contributed by atoms with Gasteiger partial charge in [-0.3, -0.25) is 0 Å². The summed E-state index contributed by atoms with van der Waals surface area (Å²) >= 11 is 7.71. The molecule has 0 aliphatic carbocycles. The van der Waals surface area contributed by atoms with Crippen LogP contribution in [0.3, 0.4) is 0 Å². The lowest BCUT2D eigenvalue weighted by Crippen LogP contribution is -1.96. The molecule has 4 aromatic rings. The minimum absolute atomic E-state index is 0.721. The lowest BCUT2D eigenvalue weighted by atomic mass is 10.0. The second-order valence-electron chi connectivity index (χ2n) is 5.80. The van der Waals surface area contributed by atoms with Crippen LogP contribution in [0.15, 0.2) is 54.9 Å². The molecule has 1 N–H and O–H groups in total. The zero-order valence-corrected chi connectivity index (χ0v) is 15.9. The molecule has 0 fully saturated rings. The van der Waals surface area contributed by atoms with Crippen molar-refractivity contribution in [2.75, 3.05) is 12.4 Å². The highest BCUT2D eigenvalue weighted by atomic mass is 35.5. The van der Waals surface area contributed by atoms with Crippen LogP contribution in [0.25, 0.3) is 21.3 Å². The van der Waals surface area contributed by atoms with Crippen LogP contribution in [0.5, 0.6) is 5.75 Å². The lowest BCUT2D eigenvalue weighted by molar-refractivity contribution is 0.415. The summed E-state index contributed by atoms with van der Waals surface area (Å²) in [6.07, 6.45) is 1.59. The standard InChI is InChI=1S/C20H16ClN3OS/c1-12-17(13-3-5-14(21)6-4-13)18-19(22-11-23-20(18)26-12)24-15-7-9-16(25-2)10-8-15/h3-11H,1-2H3,(H,22,23,24). The van der Waals surface area contributed by atoms with E-state index < -0.39 is 0 Å². The van der Waals surface area contributed by atoms with Crippen LogP contribution in [0.2, 0.25) is 5.02 Å². The molecular weight excluding hydrogens is 366 g/mol. The van der Waals surface area contributed by atoms with Gasteiger partial charge in [0.2, 0.25) is 0 Å². The zero-order valence-electron chi connectivity index (χ0n) is 14.3. The molecule has 2 heterocycles. The molecule has 4 nitrogen and oxygen atoms in total. The van der Waals surface area contributed by atoms with Crippen LogP contribution in [0, 0.1) is 6.92 Å². The van der Waals surface area contributed by atoms with Gasteiger partial charge in [-0.15, -0.1) is 11.3 Å². The van der Waals surface area contributed by atoms with E-state index in [1.54, 1.807) is 24.8 Å². The van der Waals surface area contributed by atoms with Crippen molar-refractivity contribution in [1.82, 2.24) is 9.97 Å². The maximum Gasteiger partial charge on any atom is 0.143 e. The number of ether oxygens (including phenoxy) is 1. The van der Waals surface area contributed by atoms with Gasteiger partial charge >= 0.3 is 0 Å². The molecular formula is C20H16ClN3OS. The smallest absolute Gasteiger partial charge is 0.143 e. The molecule has 0 aliphatic rings. The molecule has 26 heavy (non-hydrogen) atoms. The Morgan fingerprint density at radius 2 is 1.73 bits per heavy atom. The number of nitrogens with one attached hydrogen (secondary N) is 1. The quantitative estimate of drug-likeness (QED) is 0.466. The second kappa shape index (κ2) is 6.94. The van der Waals surface area contributed by atoms with Gasteiger partial charge in [0.15, 0.2) is 0 Å². The molecule has 0 amide bonds. The molecule has 6 heteroatoms. The number of aryl methyl sites for hydroxylation is 1. The number of fused-ring (bicyclic) bond motifs is 1. The van der Waals surface area contributed by atoms with Gasteiger partial charge in [-0.05, 0) is 48.9 Å². The van der Waals surface area contributed by atoms with E-state index in [4.69, 9.17) is 16.3 Å². The molecule has 0 aliphatic heterocycles. The van der Waals surface area contributed by atoms with Crippen molar-refractivity contribution >= 4 is 44.7 Å². The van der Waals surface area contributed by atoms with Gasteiger partial charge in [-0.25, -0.2) is 9.97 Å². The third-order valence-electron chi connectivity index (χ3n) is 4.15. The predicted molar refractivity (Wildman–Crippen MR) is 109 cm³/mol. The highest BCUT2D eigenvalue weighted by Crippen LogP contribution is 2.41. The molecule has 2 aromatic heterocycles. The zero-order chi connectivity index (χ0) is 18.1. The highest BCUT2D eigenvalue weighted by molar-refractivity contribution is 7.19. The third kappa shape index (κ3) is 3.11. The predicted octanol–water partition coefficient (Wildman–Crippen LogP) is 6.07. The number of benzene rings is 2. The summed E-state index contributed by atoms with van der Waals surface area (Å²) in [4.78, 5) is 11.1. The fourth-order valence-corrected chi connectivity index (χ4v) is 4.05. The van der Waals surface area contributed by atoms with Gasteiger partial charge in [0.1, 0.15) is 22.7 Å². The van der Waals surface area contributed by atoms with Crippen LogP contribution < -0.4 is 10.1 Å². The van der Waals surface area contributed by atoms with Crippen molar-refractivity contribution in [1.29, 1.82) is 0 Å². The molecule has 0 radical (unpaired) electrons. The molecule has 0 unspecified atom stereocenters. The average molecular weight is 382 g/mol. The summed E-state index contributed by atoms with van der Waals surface area (Å²) in [7, 11) is 1.66. The Labute approximate surface area is 160 Å². The van der Waals surface area contributed by atoms with Gasteiger partial charge in [0.05, 0.1) is 12.5 Å². The number of rotatable bonds is 4. The normalized spacial score (nSPS) is 10.9.